The average molecular weight is 678 g/mol. The number of ether oxygens (including phenoxy) is 2. The van der Waals surface area contributed by atoms with E-state index in [2.05, 4.69) is 30.3 Å². The van der Waals surface area contributed by atoms with Crippen molar-refractivity contribution >= 4 is 40.2 Å². The Morgan fingerprint density at radius 1 is 1.10 bits per heavy atom. The molecule has 7 rings (SSSR count). The van der Waals surface area contributed by atoms with E-state index < -0.39 is 6.09 Å². The molecule has 3 fully saturated rings. The number of likely N-dealkylation sites (tertiary alicyclic amines) is 1. The number of carboxylic acid groups (broad SMARTS) is 1. The summed E-state index contributed by atoms with van der Waals surface area (Å²) in [6.07, 6.45) is 7.63. The second-order valence-electron chi connectivity index (χ2n) is 13.4. The van der Waals surface area contributed by atoms with E-state index in [0.717, 1.165) is 54.5 Å². The molecule has 3 heterocycles. The van der Waals surface area contributed by atoms with E-state index >= 15 is 0 Å². The molecule has 14 heteroatoms. The maximum Gasteiger partial charge on any atom is 0.407 e. The number of methoxy groups -OCH3 is 2. The van der Waals surface area contributed by atoms with Crippen molar-refractivity contribution in [2.45, 2.75) is 83.0 Å². The topological polar surface area (TPSA) is 151 Å². The molecule has 2 saturated carbocycles. The molecular formula is C34H43N7O6S. The van der Waals surface area contributed by atoms with Gasteiger partial charge in [-0.25, -0.2) is 4.79 Å². The van der Waals surface area contributed by atoms with Gasteiger partial charge in [-0.3, -0.25) is 14.2 Å². The van der Waals surface area contributed by atoms with Gasteiger partial charge in [0.2, 0.25) is 11.9 Å². The number of nitrogens with one attached hydrogen (secondary N) is 2. The Bertz CT molecular complexity index is 1700. The lowest BCUT2D eigenvalue weighted by Crippen LogP contribution is -2.46. The van der Waals surface area contributed by atoms with Crippen LogP contribution in [-0.4, -0.2) is 82.1 Å². The molecule has 2 aromatic heterocycles. The molecule has 3 aromatic rings. The van der Waals surface area contributed by atoms with E-state index in [0.29, 0.717) is 66.4 Å². The summed E-state index contributed by atoms with van der Waals surface area (Å²) >= 11 is 1.53. The maximum absolute atomic E-state index is 13.7. The highest BCUT2D eigenvalue weighted by Gasteiger charge is 2.41. The van der Waals surface area contributed by atoms with Gasteiger partial charge >= 0.3 is 6.09 Å². The van der Waals surface area contributed by atoms with Gasteiger partial charge in [-0.15, -0.1) is 21.5 Å². The molecule has 13 nitrogen and oxygen atoms in total. The summed E-state index contributed by atoms with van der Waals surface area (Å²) in [5.74, 6) is 2.41. The van der Waals surface area contributed by atoms with Gasteiger partial charge in [0.25, 0.3) is 5.91 Å². The zero-order chi connectivity index (χ0) is 33.5. The summed E-state index contributed by atoms with van der Waals surface area (Å²) in [6, 6.07) is 5.19. The standard InChI is InChI=1S/C34H43N7O6S/c1-19-26(12-13-39(19)34(44)45)40(17-22-8-10-24(46-2)15-27(22)47-3)33-38-36-18-41(33)23-9-11-28-25(14-23)29(31(43)35-16-20-4-5-20)32(48-28)37-30(42)21-6-7-21/h8,10,15,18-21,23,26H,4-7,9,11-14,16-17H2,1-3H3,(H,35,43)(H,37,42)(H,44,45)/t19?,23-,26?/m0/s1. The first-order valence-corrected chi connectivity index (χ1v) is 17.7. The lowest BCUT2D eigenvalue weighted by atomic mass is 9.91. The van der Waals surface area contributed by atoms with Crippen LogP contribution in [0.15, 0.2) is 24.5 Å². The Hall–Kier alpha value is -4.33. The number of carbonyl (C=O) groups excluding carboxylic acids is 2. The van der Waals surface area contributed by atoms with Gasteiger partial charge in [-0.2, -0.15) is 0 Å². The number of amides is 3. The van der Waals surface area contributed by atoms with Crippen molar-refractivity contribution in [3.8, 4) is 11.5 Å². The fourth-order valence-electron chi connectivity index (χ4n) is 7.15. The molecule has 3 amide bonds. The minimum atomic E-state index is -0.942. The number of hydrogen-bond donors (Lipinski definition) is 3. The third-order valence-corrected chi connectivity index (χ3v) is 11.5. The largest absolute Gasteiger partial charge is 0.497 e. The molecule has 3 N–H and O–H groups in total. The average Bonchev–Trinajstić information content (AvgIpc) is 3.99. The number of nitrogens with zero attached hydrogens (tertiary/aromatic N) is 5. The highest BCUT2D eigenvalue weighted by Crippen LogP contribution is 2.43. The Labute approximate surface area is 283 Å². The van der Waals surface area contributed by atoms with E-state index in [1.165, 1.54) is 16.2 Å². The van der Waals surface area contributed by atoms with Crippen LogP contribution in [0.2, 0.25) is 0 Å². The zero-order valence-corrected chi connectivity index (χ0v) is 28.4. The molecule has 0 bridgehead atoms. The van der Waals surface area contributed by atoms with Crippen LogP contribution >= 0.6 is 11.3 Å². The van der Waals surface area contributed by atoms with E-state index in [4.69, 9.17) is 9.47 Å². The Balaban J connectivity index is 1.21. The SMILES string of the molecule is COc1ccc(CN(c2nncn2[C@H]2CCc3sc(NC(=O)C4CC4)c(C(=O)NCC4CC4)c3C2)C2CCN(C(=O)O)C2C)c(OC)c1. The second kappa shape index (κ2) is 13.3. The van der Waals surface area contributed by atoms with Gasteiger partial charge in [0, 0.05) is 48.1 Å². The van der Waals surface area contributed by atoms with Crippen molar-refractivity contribution in [1.29, 1.82) is 0 Å². The molecular weight excluding hydrogens is 634 g/mol. The van der Waals surface area contributed by atoms with Crippen LogP contribution in [0.25, 0.3) is 0 Å². The lowest BCUT2D eigenvalue weighted by molar-refractivity contribution is -0.117. The van der Waals surface area contributed by atoms with Gasteiger partial charge in [-0.05, 0) is 81.9 Å². The van der Waals surface area contributed by atoms with Crippen molar-refractivity contribution in [3.63, 3.8) is 0 Å². The number of rotatable bonds is 12. The van der Waals surface area contributed by atoms with E-state index in [1.807, 2.05) is 25.1 Å². The number of benzene rings is 1. The summed E-state index contributed by atoms with van der Waals surface area (Å²) in [5.41, 5.74) is 2.47. The van der Waals surface area contributed by atoms with E-state index in [1.54, 1.807) is 20.5 Å². The predicted molar refractivity (Wildman–Crippen MR) is 180 cm³/mol. The first kappa shape index (κ1) is 32.2. The normalized spacial score (nSPS) is 21.8. The smallest absolute Gasteiger partial charge is 0.407 e. The lowest BCUT2D eigenvalue weighted by Gasteiger charge is -2.35. The van der Waals surface area contributed by atoms with Crippen molar-refractivity contribution in [3.05, 3.63) is 46.1 Å². The van der Waals surface area contributed by atoms with Crippen LogP contribution in [0.1, 0.15) is 77.9 Å². The molecule has 4 aliphatic rings. The summed E-state index contributed by atoms with van der Waals surface area (Å²) in [6.45, 7) is 3.42. The molecule has 1 aliphatic heterocycles. The summed E-state index contributed by atoms with van der Waals surface area (Å²) in [4.78, 5) is 43.4. The van der Waals surface area contributed by atoms with Gasteiger partial charge in [0.15, 0.2) is 0 Å². The fraction of sp³-hybridized carbons (Fsp3) is 0.559. The number of anilines is 2. The monoisotopic (exact) mass is 677 g/mol. The molecule has 2 unspecified atom stereocenters. The third kappa shape index (κ3) is 6.41. The Kier molecular flexibility index (Phi) is 8.92. The minimum Gasteiger partial charge on any atom is -0.497 e. The molecule has 3 atom stereocenters. The van der Waals surface area contributed by atoms with Gasteiger partial charge in [-0.1, -0.05) is 0 Å². The molecule has 1 saturated heterocycles. The van der Waals surface area contributed by atoms with Crippen LogP contribution in [0, 0.1) is 11.8 Å². The van der Waals surface area contributed by atoms with Crippen LogP contribution in [0.5, 0.6) is 11.5 Å². The van der Waals surface area contributed by atoms with Gasteiger partial charge < -0.3 is 35.0 Å². The number of thiophene rings is 1. The summed E-state index contributed by atoms with van der Waals surface area (Å²) in [7, 11) is 3.23. The molecule has 3 aliphatic carbocycles. The van der Waals surface area contributed by atoms with Crippen LogP contribution in [-0.2, 0) is 24.2 Å². The van der Waals surface area contributed by atoms with Gasteiger partial charge in [0.05, 0.1) is 31.9 Å². The highest BCUT2D eigenvalue weighted by atomic mass is 32.1. The number of aromatic nitrogens is 3. The van der Waals surface area contributed by atoms with Crippen molar-refractivity contribution in [2.24, 2.45) is 11.8 Å². The number of fused-ring (bicyclic) bond motifs is 1. The van der Waals surface area contributed by atoms with Crippen LogP contribution in [0.4, 0.5) is 15.7 Å². The number of aryl methyl sites for hydroxylation is 1. The van der Waals surface area contributed by atoms with E-state index in [-0.39, 0.29) is 35.9 Å². The molecule has 256 valence electrons. The quantitative estimate of drug-likeness (QED) is 0.247. The third-order valence-electron chi connectivity index (χ3n) is 10.3. The first-order chi connectivity index (χ1) is 23.2. The Morgan fingerprint density at radius 2 is 1.92 bits per heavy atom. The van der Waals surface area contributed by atoms with Crippen molar-refractivity contribution in [1.82, 2.24) is 25.0 Å². The first-order valence-electron chi connectivity index (χ1n) is 16.9. The number of hydrogen-bond acceptors (Lipinski definition) is 9. The minimum absolute atomic E-state index is 0.00632. The van der Waals surface area contributed by atoms with Crippen molar-refractivity contribution in [2.75, 3.05) is 37.5 Å². The summed E-state index contributed by atoms with van der Waals surface area (Å²) in [5, 5.41) is 25.8. The maximum atomic E-state index is 13.7. The number of carbonyl (C=O) groups is 3. The molecule has 1 aromatic carbocycles. The van der Waals surface area contributed by atoms with Crippen LogP contribution in [0.3, 0.4) is 0 Å². The predicted octanol–water partition coefficient (Wildman–Crippen LogP) is 4.72. The second-order valence-corrected chi connectivity index (χ2v) is 14.5. The molecule has 48 heavy (non-hydrogen) atoms. The van der Waals surface area contributed by atoms with E-state index in [9.17, 15) is 19.5 Å². The van der Waals surface area contributed by atoms with Crippen LogP contribution < -0.4 is 25.0 Å². The summed E-state index contributed by atoms with van der Waals surface area (Å²) < 4.78 is 13.3. The fourth-order valence-corrected chi connectivity index (χ4v) is 8.39. The molecule has 0 radical (unpaired) electrons. The molecule has 0 spiro atoms. The zero-order valence-electron chi connectivity index (χ0n) is 27.6. The van der Waals surface area contributed by atoms with Gasteiger partial charge in [0.1, 0.15) is 22.8 Å². The van der Waals surface area contributed by atoms with Crippen molar-refractivity contribution < 1.29 is 29.0 Å². The Morgan fingerprint density at radius 3 is 2.60 bits per heavy atom. The highest BCUT2D eigenvalue weighted by molar-refractivity contribution is 7.17.